The van der Waals surface area contributed by atoms with Crippen molar-refractivity contribution in [2.24, 2.45) is 7.05 Å². The number of rotatable bonds is 5. The first-order chi connectivity index (χ1) is 16.4. The summed E-state index contributed by atoms with van der Waals surface area (Å²) in [4.78, 5) is 35.9. The van der Waals surface area contributed by atoms with Crippen molar-refractivity contribution >= 4 is 28.7 Å². The number of nitrogens with two attached hydrogens (primary N) is 1. The molecule has 0 saturated carbocycles. The minimum Gasteiger partial charge on any atom is -0.461 e. The first-order valence-electron chi connectivity index (χ1n) is 10.6. The Labute approximate surface area is 190 Å². The lowest BCUT2D eigenvalue weighted by Gasteiger charge is -2.35. The molecule has 14 heteroatoms. The number of β-amino-alcohol motifs (C(OH)–C–C–N with tert-alkyl or cyclic N) is 1. The van der Waals surface area contributed by atoms with Gasteiger partial charge in [0.2, 0.25) is 11.8 Å². The highest BCUT2D eigenvalue weighted by Crippen LogP contribution is 2.23. The van der Waals surface area contributed by atoms with E-state index in [0.717, 1.165) is 0 Å². The second-order valence-electron chi connectivity index (χ2n) is 8.14. The normalized spacial score (nSPS) is 14.4. The maximum atomic E-state index is 13.0. The summed E-state index contributed by atoms with van der Waals surface area (Å²) in [5.41, 5.74) is 7.50. The van der Waals surface area contributed by atoms with Gasteiger partial charge in [-0.25, -0.2) is 9.78 Å². The number of nitrogens with zero attached hydrogens (tertiary/aromatic N) is 9. The molecule has 1 amide bonds. The third-order valence-corrected chi connectivity index (χ3v) is 5.90. The van der Waals surface area contributed by atoms with Crippen LogP contribution in [0, 0.1) is 0 Å². The molecule has 0 aromatic carbocycles. The van der Waals surface area contributed by atoms with Crippen molar-refractivity contribution in [3.63, 3.8) is 0 Å². The number of likely N-dealkylation sites (tertiary alicyclic amines) is 1. The van der Waals surface area contributed by atoms with Crippen molar-refractivity contribution < 1.29 is 14.3 Å². The van der Waals surface area contributed by atoms with Gasteiger partial charge in [0.1, 0.15) is 5.52 Å². The van der Waals surface area contributed by atoms with E-state index >= 15 is 0 Å². The van der Waals surface area contributed by atoms with Crippen LogP contribution in [0.4, 0.5) is 5.95 Å². The van der Waals surface area contributed by atoms with E-state index in [1.54, 1.807) is 35.0 Å². The van der Waals surface area contributed by atoms with Crippen molar-refractivity contribution in [2.45, 2.75) is 19.2 Å². The minimum absolute atomic E-state index is 0.0795. The monoisotopic (exact) mass is 464 g/mol. The lowest BCUT2D eigenvalue weighted by atomic mass is 10.1. The van der Waals surface area contributed by atoms with Crippen LogP contribution in [0.5, 0.6) is 0 Å². The van der Waals surface area contributed by atoms with Gasteiger partial charge < -0.3 is 20.2 Å². The van der Waals surface area contributed by atoms with E-state index in [1.807, 2.05) is 0 Å². The van der Waals surface area contributed by atoms with Crippen molar-refractivity contribution in [1.29, 1.82) is 0 Å². The van der Waals surface area contributed by atoms with Gasteiger partial charge in [-0.15, -0.1) is 5.10 Å². The van der Waals surface area contributed by atoms with Gasteiger partial charge in [0.05, 0.1) is 30.7 Å². The molecule has 6 heterocycles. The fraction of sp³-hybridized carbons (Fsp3) is 0.300. The van der Waals surface area contributed by atoms with Gasteiger partial charge in [0.25, 0.3) is 5.91 Å². The molecule has 0 spiro atoms. The molecule has 6 rings (SSSR count). The minimum atomic E-state index is -0.468. The molecule has 0 bridgehead atoms. The first kappa shape index (κ1) is 20.2. The van der Waals surface area contributed by atoms with E-state index in [0.29, 0.717) is 53.6 Å². The number of aryl methyl sites for hydroxylation is 3. The van der Waals surface area contributed by atoms with E-state index in [2.05, 4.69) is 20.2 Å². The number of furan rings is 1. The Bertz CT molecular complexity index is 1600. The number of amides is 1. The lowest BCUT2D eigenvalue weighted by molar-refractivity contribution is 0.00589. The van der Waals surface area contributed by atoms with Crippen molar-refractivity contribution in [2.75, 3.05) is 18.8 Å². The summed E-state index contributed by atoms with van der Waals surface area (Å²) in [5, 5.41) is 18.0. The molecule has 0 radical (unpaired) electrons. The van der Waals surface area contributed by atoms with Gasteiger partial charge in [-0.3, -0.25) is 18.6 Å². The summed E-state index contributed by atoms with van der Waals surface area (Å²) < 4.78 is 11.3. The summed E-state index contributed by atoms with van der Waals surface area (Å²) in [6.45, 7) is 1.21. The number of aliphatic hydroxyl groups excluding tert-OH is 1. The maximum absolute atomic E-state index is 13.0. The highest BCUT2D eigenvalue weighted by Gasteiger charge is 2.30. The zero-order valence-electron chi connectivity index (χ0n) is 18.1. The Morgan fingerprint density at radius 3 is 2.82 bits per heavy atom. The average molecular weight is 464 g/mol. The number of fused-ring (bicyclic) bond motifs is 3. The summed E-state index contributed by atoms with van der Waals surface area (Å²) in [5.74, 6) is 0.692. The highest BCUT2D eigenvalue weighted by atomic mass is 16.3. The first-order valence-corrected chi connectivity index (χ1v) is 10.6. The number of hydrogen-bond acceptors (Lipinski definition) is 9. The summed E-state index contributed by atoms with van der Waals surface area (Å²) in [6, 6.07) is 3.46. The van der Waals surface area contributed by atoms with Crippen LogP contribution >= 0.6 is 0 Å². The molecule has 3 N–H and O–H groups in total. The number of aromatic nitrogens is 8. The van der Waals surface area contributed by atoms with Crippen LogP contribution < -0.4 is 11.4 Å². The van der Waals surface area contributed by atoms with Crippen LogP contribution in [0.2, 0.25) is 0 Å². The molecule has 1 saturated heterocycles. The largest absolute Gasteiger partial charge is 0.461 e. The average Bonchev–Trinajstić information content (AvgIpc) is 3.58. The molecule has 5 aromatic rings. The van der Waals surface area contributed by atoms with Crippen molar-refractivity contribution in [3.8, 4) is 11.6 Å². The molecule has 1 aliphatic rings. The molecule has 34 heavy (non-hydrogen) atoms. The second-order valence-corrected chi connectivity index (χ2v) is 8.14. The van der Waals surface area contributed by atoms with Crippen LogP contribution in [0.25, 0.3) is 28.4 Å². The lowest BCUT2D eigenvalue weighted by Crippen LogP contribution is -2.53. The molecule has 0 atom stereocenters. The molecule has 5 aromatic heterocycles. The third kappa shape index (κ3) is 2.99. The molecule has 174 valence electrons. The van der Waals surface area contributed by atoms with Crippen LogP contribution in [-0.2, 0) is 20.1 Å². The standard InChI is InChI=1S/C20H20N10O4/c1-26-14-16(24-19(21)30-17(14)23-15(25-30)13-3-2-6-34-13)29(20(26)33)5-4-28-8-11(7-22-28)18(32)27-9-12(31)10-27/h2-3,6-8,12,31H,4-5,9-10H2,1H3,(H2,21,24). The predicted octanol–water partition coefficient (Wildman–Crippen LogP) is -0.667. The number of hydrogen-bond donors (Lipinski definition) is 2. The van der Waals surface area contributed by atoms with Gasteiger partial charge in [0, 0.05) is 32.9 Å². The molecule has 0 aliphatic carbocycles. The number of nitrogen functional groups attached to an aromatic ring is 1. The number of aliphatic hydroxyl groups is 1. The van der Waals surface area contributed by atoms with Gasteiger partial charge in [-0.05, 0) is 12.1 Å². The highest BCUT2D eigenvalue weighted by molar-refractivity contribution is 5.94. The zero-order chi connectivity index (χ0) is 23.6. The van der Waals surface area contributed by atoms with E-state index in [4.69, 9.17) is 10.2 Å². The number of imidazole rings is 1. The predicted molar refractivity (Wildman–Crippen MR) is 118 cm³/mol. The Kier molecular flexibility index (Phi) is 4.32. The van der Waals surface area contributed by atoms with Crippen LogP contribution in [0.15, 0.2) is 40.0 Å². The van der Waals surface area contributed by atoms with Gasteiger partial charge in [-0.2, -0.15) is 14.6 Å². The quantitative estimate of drug-likeness (QED) is 0.343. The summed E-state index contributed by atoms with van der Waals surface area (Å²) in [6.07, 6.45) is 4.15. The number of carbonyl (C=O) groups excluding carboxylic acids is 1. The SMILES string of the molecule is Cn1c(=O)n(CCn2cc(C(=O)N3CC(O)C3)cn2)c2nc(N)n3nc(-c4ccco4)nc3c21. The maximum Gasteiger partial charge on any atom is 0.330 e. The van der Waals surface area contributed by atoms with Crippen molar-refractivity contribution in [1.82, 2.24) is 43.4 Å². The Morgan fingerprint density at radius 1 is 1.26 bits per heavy atom. The second kappa shape index (κ2) is 7.28. The molecule has 1 fully saturated rings. The van der Waals surface area contributed by atoms with E-state index in [-0.39, 0.29) is 24.1 Å². The Morgan fingerprint density at radius 2 is 2.09 bits per heavy atom. The number of anilines is 1. The van der Waals surface area contributed by atoms with E-state index < -0.39 is 6.10 Å². The zero-order valence-corrected chi connectivity index (χ0v) is 18.1. The topological polar surface area (TPSA) is 168 Å². The fourth-order valence-corrected chi connectivity index (χ4v) is 4.10. The van der Waals surface area contributed by atoms with Gasteiger partial charge in [0.15, 0.2) is 17.1 Å². The molecule has 1 aliphatic heterocycles. The van der Waals surface area contributed by atoms with Crippen LogP contribution in [0.1, 0.15) is 10.4 Å². The van der Waals surface area contributed by atoms with Crippen LogP contribution in [0.3, 0.4) is 0 Å². The molecule has 0 unspecified atom stereocenters. The van der Waals surface area contributed by atoms with Gasteiger partial charge in [-0.1, -0.05) is 0 Å². The summed E-state index contributed by atoms with van der Waals surface area (Å²) in [7, 11) is 1.63. The number of carbonyl (C=O) groups is 1. The Hall–Kier alpha value is -4.46. The van der Waals surface area contributed by atoms with Crippen LogP contribution in [-0.4, -0.2) is 73.6 Å². The molecular formula is C20H20N10O4. The molecule has 14 nitrogen and oxygen atoms in total. The fourth-order valence-electron chi connectivity index (χ4n) is 4.10. The van der Waals surface area contributed by atoms with E-state index in [9.17, 15) is 14.7 Å². The molecular weight excluding hydrogens is 444 g/mol. The van der Waals surface area contributed by atoms with Gasteiger partial charge >= 0.3 is 5.69 Å². The summed E-state index contributed by atoms with van der Waals surface area (Å²) >= 11 is 0. The third-order valence-electron chi connectivity index (χ3n) is 5.90. The van der Waals surface area contributed by atoms with E-state index in [1.165, 1.54) is 26.1 Å². The smallest absolute Gasteiger partial charge is 0.330 e. The Balaban J connectivity index is 1.33. The van der Waals surface area contributed by atoms with Crippen molar-refractivity contribution in [3.05, 3.63) is 46.8 Å².